The molecule has 0 atom stereocenters. The Morgan fingerprint density at radius 1 is 1.07 bits per heavy atom. The van der Waals surface area contributed by atoms with Crippen LogP contribution in [0.3, 0.4) is 0 Å². The van der Waals surface area contributed by atoms with Gasteiger partial charge in [0.2, 0.25) is 0 Å². The van der Waals surface area contributed by atoms with Crippen molar-refractivity contribution >= 4 is 43.1 Å². The summed E-state index contributed by atoms with van der Waals surface area (Å²) in [5, 5.41) is 1.89. The van der Waals surface area contributed by atoms with E-state index in [1.165, 1.54) is 0 Å². The molecule has 0 aromatic heterocycles. The second kappa shape index (κ2) is 3.09. The van der Waals surface area contributed by atoms with Crippen molar-refractivity contribution in [2.45, 2.75) is 6.92 Å². The van der Waals surface area contributed by atoms with Gasteiger partial charge in [0.05, 0.1) is 0 Å². The number of hydrogen-bond acceptors (Lipinski definition) is 1. The molecule has 0 aliphatic heterocycles. The summed E-state index contributed by atoms with van der Waals surface area (Å²) in [6, 6.07) is 7.55. The van der Waals surface area contributed by atoms with E-state index in [9.17, 15) is 0 Å². The zero-order chi connectivity index (χ0) is 10.3. The lowest BCUT2D eigenvalue weighted by atomic mass is 9.82. The fraction of sp³-hybridized carbons (Fsp3) is 0.0909. The van der Waals surface area contributed by atoms with Gasteiger partial charge in [-0.3, -0.25) is 0 Å². The summed E-state index contributed by atoms with van der Waals surface area (Å²) >= 11 is 0. The summed E-state index contributed by atoms with van der Waals surface area (Å²) in [7, 11) is 11.6. The average molecular weight is 177 g/mol. The molecule has 3 heteroatoms. The molecule has 0 heterocycles. The molecule has 0 bridgehead atoms. The van der Waals surface area contributed by atoms with Gasteiger partial charge in [-0.25, -0.2) is 0 Å². The lowest BCUT2D eigenvalue weighted by Gasteiger charge is -2.09. The maximum atomic E-state index is 5.89. The Bertz CT molecular complexity index is 463. The number of aryl methyl sites for hydroxylation is 1. The summed E-state index contributed by atoms with van der Waals surface area (Å²) < 4.78 is 0. The van der Waals surface area contributed by atoms with E-state index in [4.69, 9.17) is 21.4 Å². The summed E-state index contributed by atoms with van der Waals surface area (Å²) in [4.78, 5) is 0. The van der Waals surface area contributed by atoms with Crippen molar-refractivity contribution in [3.8, 4) is 0 Å². The van der Waals surface area contributed by atoms with E-state index >= 15 is 0 Å². The van der Waals surface area contributed by atoms with Crippen LogP contribution in [0.2, 0.25) is 0 Å². The van der Waals surface area contributed by atoms with Crippen LogP contribution in [0.1, 0.15) is 5.56 Å². The molecule has 0 aliphatic rings. The average Bonchev–Trinajstić information content (AvgIpc) is 1.99. The molecule has 14 heavy (non-hydrogen) atoms. The smallest absolute Gasteiger partial charge is 0.114 e. The molecule has 2 aromatic rings. The fourth-order valence-corrected chi connectivity index (χ4v) is 1.76. The van der Waals surface area contributed by atoms with Crippen LogP contribution in [0.4, 0.5) is 5.69 Å². The largest absolute Gasteiger partial charge is 0.398 e. The van der Waals surface area contributed by atoms with Gasteiger partial charge < -0.3 is 5.73 Å². The molecule has 0 aliphatic carbocycles. The van der Waals surface area contributed by atoms with E-state index in [2.05, 4.69) is 0 Å². The minimum Gasteiger partial charge on any atom is -0.398 e. The standard InChI is InChI=1S/C11H9B2N/c1-6-2-7-4-8(12)5-9(13)11(7)10(14)3-6/h2-5H,14H2,1H3. The summed E-state index contributed by atoms with van der Waals surface area (Å²) in [6.07, 6.45) is 0. The van der Waals surface area contributed by atoms with Crippen LogP contribution in [-0.2, 0) is 0 Å². The Labute approximate surface area is 86.1 Å². The molecule has 0 saturated carbocycles. The van der Waals surface area contributed by atoms with Crippen molar-refractivity contribution in [3.63, 3.8) is 0 Å². The maximum Gasteiger partial charge on any atom is 0.114 e. The second-order valence-corrected chi connectivity index (χ2v) is 3.56. The van der Waals surface area contributed by atoms with Gasteiger partial charge in [-0.15, -0.1) is 0 Å². The Hall–Kier alpha value is -1.37. The van der Waals surface area contributed by atoms with Crippen LogP contribution >= 0.6 is 0 Å². The van der Waals surface area contributed by atoms with Crippen LogP contribution in [0.5, 0.6) is 0 Å². The predicted molar refractivity (Wildman–Crippen MR) is 63.9 cm³/mol. The van der Waals surface area contributed by atoms with E-state index in [1.54, 1.807) is 6.07 Å². The second-order valence-electron chi connectivity index (χ2n) is 3.56. The Morgan fingerprint density at radius 2 is 1.79 bits per heavy atom. The van der Waals surface area contributed by atoms with Crippen LogP contribution in [0.15, 0.2) is 24.3 Å². The zero-order valence-electron chi connectivity index (χ0n) is 8.04. The number of nitrogens with two attached hydrogens (primary N) is 1. The first-order valence-corrected chi connectivity index (χ1v) is 4.43. The van der Waals surface area contributed by atoms with Crippen molar-refractivity contribution in [2.75, 3.05) is 5.73 Å². The minimum atomic E-state index is 0.637. The number of rotatable bonds is 0. The molecule has 2 rings (SSSR count). The van der Waals surface area contributed by atoms with E-state index < -0.39 is 0 Å². The van der Waals surface area contributed by atoms with Gasteiger partial charge in [0, 0.05) is 5.69 Å². The van der Waals surface area contributed by atoms with Gasteiger partial charge in [-0.2, -0.15) is 0 Å². The highest BCUT2D eigenvalue weighted by Crippen LogP contribution is 2.19. The topological polar surface area (TPSA) is 26.0 Å². The molecular weight excluding hydrogens is 168 g/mol. The molecule has 4 radical (unpaired) electrons. The first kappa shape index (κ1) is 9.20. The van der Waals surface area contributed by atoms with Gasteiger partial charge in [-0.05, 0) is 29.3 Å². The molecule has 2 N–H and O–H groups in total. The molecule has 2 aromatic carbocycles. The number of anilines is 1. The molecule has 0 amide bonds. The summed E-state index contributed by atoms with van der Waals surface area (Å²) in [6.45, 7) is 2.00. The minimum absolute atomic E-state index is 0.637. The van der Waals surface area contributed by atoms with Crippen molar-refractivity contribution in [1.29, 1.82) is 0 Å². The van der Waals surface area contributed by atoms with E-state index in [1.807, 2.05) is 25.1 Å². The quantitative estimate of drug-likeness (QED) is 0.454. The number of nitrogen functional groups attached to an aromatic ring is 1. The fourth-order valence-electron chi connectivity index (χ4n) is 1.76. The molecule has 64 valence electrons. The molecular formula is C11H9B2N. The Morgan fingerprint density at radius 3 is 2.50 bits per heavy atom. The van der Waals surface area contributed by atoms with Gasteiger partial charge in [-0.1, -0.05) is 29.1 Å². The predicted octanol–water partition coefficient (Wildman–Crippen LogP) is 0.318. The van der Waals surface area contributed by atoms with E-state index in [0.29, 0.717) is 16.6 Å². The van der Waals surface area contributed by atoms with E-state index in [-0.39, 0.29) is 0 Å². The van der Waals surface area contributed by atoms with Gasteiger partial charge >= 0.3 is 0 Å². The Kier molecular flexibility index (Phi) is 2.03. The summed E-state index contributed by atoms with van der Waals surface area (Å²) in [5.41, 5.74) is 9.01. The third kappa shape index (κ3) is 1.39. The van der Waals surface area contributed by atoms with Crippen molar-refractivity contribution in [1.82, 2.24) is 0 Å². The highest BCUT2D eigenvalue weighted by Gasteiger charge is 2.02. The third-order valence-corrected chi connectivity index (χ3v) is 2.28. The normalized spacial score (nSPS) is 10.6. The van der Waals surface area contributed by atoms with Gasteiger partial charge in [0.15, 0.2) is 0 Å². The van der Waals surface area contributed by atoms with Crippen LogP contribution < -0.4 is 16.7 Å². The van der Waals surface area contributed by atoms with Crippen molar-refractivity contribution in [2.24, 2.45) is 0 Å². The monoisotopic (exact) mass is 177 g/mol. The van der Waals surface area contributed by atoms with E-state index in [0.717, 1.165) is 16.3 Å². The first-order valence-electron chi connectivity index (χ1n) is 4.43. The van der Waals surface area contributed by atoms with Crippen molar-refractivity contribution in [3.05, 3.63) is 29.8 Å². The first-order chi connectivity index (χ1) is 6.58. The molecule has 0 spiro atoms. The number of fused-ring (bicyclic) bond motifs is 1. The lowest BCUT2D eigenvalue weighted by molar-refractivity contribution is 1.51. The van der Waals surface area contributed by atoms with Crippen molar-refractivity contribution < 1.29 is 0 Å². The molecule has 0 saturated heterocycles. The number of benzene rings is 2. The highest BCUT2D eigenvalue weighted by atomic mass is 14.5. The maximum absolute atomic E-state index is 5.89. The lowest BCUT2D eigenvalue weighted by Crippen LogP contribution is -2.15. The molecule has 0 fully saturated rings. The SMILES string of the molecule is [B]c1cc([B])c2c(N)cc(C)cc2c1. The van der Waals surface area contributed by atoms with Gasteiger partial charge in [0.1, 0.15) is 15.7 Å². The zero-order valence-corrected chi connectivity index (χ0v) is 8.04. The van der Waals surface area contributed by atoms with Crippen LogP contribution in [-0.4, -0.2) is 15.7 Å². The van der Waals surface area contributed by atoms with Crippen LogP contribution in [0.25, 0.3) is 10.8 Å². The Balaban J connectivity index is 2.94. The van der Waals surface area contributed by atoms with Gasteiger partial charge in [0.25, 0.3) is 0 Å². The third-order valence-electron chi connectivity index (χ3n) is 2.28. The molecule has 0 unspecified atom stereocenters. The van der Waals surface area contributed by atoms with Crippen LogP contribution in [0, 0.1) is 6.92 Å². The number of hydrogen-bond donors (Lipinski definition) is 1. The summed E-state index contributed by atoms with van der Waals surface area (Å²) in [5.74, 6) is 0. The molecule has 1 nitrogen and oxygen atoms in total. The highest BCUT2D eigenvalue weighted by molar-refractivity contribution is 6.44.